The first-order valence-corrected chi connectivity index (χ1v) is 16.7. The number of ether oxygens (including phenoxy) is 3. The molecule has 0 radical (unpaired) electrons. The molecule has 1 aromatic carbocycles. The number of hydrogen-bond acceptors (Lipinski definition) is 7. The first kappa shape index (κ1) is 28.8. The van der Waals surface area contributed by atoms with Crippen molar-refractivity contribution in [1.82, 2.24) is 19.6 Å². The Morgan fingerprint density at radius 3 is 2.74 bits per heavy atom. The molecule has 0 amide bonds. The average molecular weight is 545 g/mol. The molecule has 1 aliphatic heterocycles. The molecule has 0 saturated carbocycles. The van der Waals surface area contributed by atoms with Crippen LogP contribution in [0.3, 0.4) is 0 Å². The van der Waals surface area contributed by atoms with Crippen molar-refractivity contribution in [3.8, 4) is 17.0 Å². The maximum Gasteiger partial charge on any atom is 0.250 e. The van der Waals surface area contributed by atoms with Crippen LogP contribution in [0, 0.1) is 0 Å². The fraction of sp³-hybridized carbons (Fsp3) is 0.643. The fourth-order valence-electron chi connectivity index (χ4n) is 4.30. The van der Waals surface area contributed by atoms with Crippen LogP contribution in [0.4, 0.5) is 0 Å². The highest BCUT2D eigenvalue weighted by atomic mass is 28.4. The van der Waals surface area contributed by atoms with E-state index in [9.17, 15) is 0 Å². The maximum atomic E-state index is 8.84. The van der Waals surface area contributed by atoms with Gasteiger partial charge in [-0.2, -0.15) is 10.2 Å². The number of aromatic nitrogens is 4. The minimum Gasteiger partial charge on any atom is -0.543 e. The predicted molar refractivity (Wildman–Crippen MR) is 151 cm³/mol. The molecular formula is C28H44N4O5Si. The Morgan fingerprint density at radius 1 is 1.21 bits per heavy atom. The van der Waals surface area contributed by atoms with Gasteiger partial charge in [-0.05, 0) is 62.5 Å². The molecule has 2 aromatic heterocycles. The largest absolute Gasteiger partial charge is 0.543 e. The molecule has 1 N–H and O–H groups in total. The zero-order valence-corrected chi connectivity index (χ0v) is 24.8. The van der Waals surface area contributed by atoms with E-state index in [1.807, 2.05) is 28.7 Å². The molecule has 210 valence electrons. The third-order valence-electron chi connectivity index (χ3n) is 7.50. The summed E-state index contributed by atoms with van der Waals surface area (Å²) in [5, 5.41) is 19.6. The molecule has 0 spiro atoms. The van der Waals surface area contributed by atoms with E-state index in [1.54, 1.807) is 0 Å². The van der Waals surface area contributed by atoms with Gasteiger partial charge >= 0.3 is 0 Å². The number of aliphatic hydroxyl groups excluding tert-OH is 1. The summed E-state index contributed by atoms with van der Waals surface area (Å²) >= 11 is 0. The molecule has 0 aliphatic carbocycles. The summed E-state index contributed by atoms with van der Waals surface area (Å²) < 4.78 is 27.8. The Bertz CT molecular complexity index is 1180. The van der Waals surface area contributed by atoms with E-state index in [4.69, 9.17) is 28.8 Å². The van der Waals surface area contributed by atoms with Gasteiger partial charge in [0.1, 0.15) is 11.4 Å². The molecule has 1 aliphatic rings. The van der Waals surface area contributed by atoms with Crippen LogP contribution in [0.1, 0.15) is 53.2 Å². The first-order valence-electron chi connectivity index (χ1n) is 13.7. The van der Waals surface area contributed by atoms with E-state index in [2.05, 4.69) is 57.2 Å². The summed E-state index contributed by atoms with van der Waals surface area (Å²) in [6.07, 6.45) is 6.95. The monoisotopic (exact) mass is 544 g/mol. The number of nitrogens with zero attached hydrogens (tertiary/aromatic N) is 4. The molecule has 3 aromatic rings. The second kappa shape index (κ2) is 12.3. The van der Waals surface area contributed by atoms with Crippen molar-refractivity contribution in [3.05, 3.63) is 30.6 Å². The Labute approximate surface area is 227 Å². The van der Waals surface area contributed by atoms with Crippen molar-refractivity contribution in [1.29, 1.82) is 0 Å². The van der Waals surface area contributed by atoms with Gasteiger partial charge in [0, 0.05) is 23.8 Å². The summed E-state index contributed by atoms with van der Waals surface area (Å²) in [6.45, 7) is 15.9. The SMILES string of the molecule is C[C@H](COCCO)OCCn1cc(-c2nn(C3CCCCO3)c3ccc(O[Si](C)(C)C(C)(C)C)cc23)cn1. The summed E-state index contributed by atoms with van der Waals surface area (Å²) in [7, 11) is -1.99. The third-order valence-corrected chi connectivity index (χ3v) is 11.9. The lowest BCUT2D eigenvalue weighted by Gasteiger charge is -2.36. The van der Waals surface area contributed by atoms with E-state index in [1.165, 1.54) is 0 Å². The van der Waals surface area contributed by atoms with Gasteiger partial charge in [0.05, 0.1) is 50.8 Å². The van der Waals surface area contributed by atoms with Gasteiger partial charge in [-0.3, -0.25) is 4.68 Å². The normalized spacial score (nSPS) is 17.7. The minimum absolute atomic E-state index is 0.0179. The van der Waals surface area contributed by atoms with Crippen molar-refractivity contribution >= 4 is 19.2 Å². The summed E-state index contributed by atoms with van der Waals surface area (Å²) in [5.74, 6) is 0.882. The van der Waals surface area contributed by atoms with Crippen LogP contribution in [0.25, 0.3) is 22.2 Å². The Hall–Kier alpha value is -2.24. The molecule has 2 atom stereocenters. The van der Waals surface area contributed by atoms with E-state index < -0.39 is 8.32 Å². The lowest BCUT2D eigenvalue weighted by Crippen LogP contribution is -2.43. The lowest BCUT2D eigenvalue weighted by atomic mass is 10.1. The van der Waals surface area contributed by atoms with Crippen LogP contribution in [0.5, 0.6) is 5.75 Å². The molecule has 0 bridgehead atoms. The highest BCUT2D eigenvalue weighted by molar-refractivity contribution is 6.74. The second-order valence-corrected chi connectivity index (χ2v) is 16.4. The van der Waals surface area contributed by atoms with Crippen molar-refractivity contribution < 1.29 is 23.7 Å². The third kappa shape index (κ3) is 6.84. The zero-order chi connectivity index (χ0) is 27.3. The Balaban J connectivity index is 1.58. The van der Waals surface area contributed by atoms with E-state index in [-0.39, 0.29) is 24.0 Å². The van der Waals surface area contributed by atoms with Crippen LogP contribution in [-0.4, -0.2) is 72.1 Å². The predicted octanol–water partition coefficient (Wildman–Crippen LogP) is 5.40. The summed E-state index contributed by atoms with van der Waals surface area (Å²) in [5.41, 5.74) is 2.88. The van der Waals surface area contributed by atoms with Crippen LogP contribution in [0.2, 0.25) is 18.1 Å². The van der Waals surface area contributed by atoms with Gasteiger partial charge in [-0.1, -0.05) is 20.8 Å². The van der Waals surface area contributed by atoms with Gasteiger partial charge in [0.25, 0.3) is 0 Å². The molecule has 4 rings (SSSR count). The van der Waals surface area contributed by atoms with Gasteiger partial charge in [-0.25, -0.2) is 4.68 Å². The number of aliphatic hydroxyl groups is 1. The van der Waals surface area contributed by atoms with Crippen LogP contribution < -0.4 is 4.43 Å². The van der Waals surface area contributed by atoms with Gasteiger partial charge in [0.2, 0.25) is 8.32 Å². The molecule has 38 heavy (non-hydrogen) atoms. The molecule has 3 heterocycles. The smallest absolute Gasteiger partial charge is 0.250 e. The van der Waals surface area contributed by atoms with Gasteiger partial charge in [0.15, 0.2) is 6.23 Å². The number of benzene rings is 1. The van der Waals surface area contributed by atoms with E-state index in [0.717, 1.165) is 53.8 Å². The zero-order valence-electron chi connectivity index (χ0n) is 23.8. The van der Waals surface area contributed by atoms with Crippen LogP contribution in [0.15, 0.2) is 30.6 Å². The van der Waals surface area contributed by atoms with Crippen molar-refractivity contribution in [2.75, 3.05) is 33.0 Å². The molecular weight excluding hydrogens is 500 g/mol. The molecule has 10 heteroatoms. The van der Waals surface area contributed by atoms with E-state index >= 15 is 0 Å². The maximum absolute atomic E-state index is 8.84. The van der Waals surface area contributed by atoms with Crippen LogP contribution in [-0.2, 0) is 20.8 Å². The highest BCUT2D eigenvalue weighted by Crippen LogP contribution is 2.39. The minimum atomic E-state index is -1.99. The number of fused-ring (bicyclic) bond motifs is 1. The van der Waals surface area contributed by atoms with Crippen molar-refractivity contribution in [2.45, 2.75) is 84.0 Å². The molecule has 1 unspecified atom stereocenters. The number of hydrogen-bond donors (Lipinski definition) is 1. The molecule has 1 fully saturated rings. The summed E-state index contributed by atoms with van der Waals surface area (Å²) in [6, 6.07) is 6.32. The quantitative estimate of drug-likeness (QED) is 0.241. The lowest BCUT2D eigenvalue weighted by molar-refractivity contribution is -0.0365. The summed E-state index contributed by atoms with van der Waals surface area (Å²) in [4.78, 5) is 0. The molecule has 1 saturated heterocycles. The Morgan fingerprint density at radius 2 is 2.03 bits per heavy atom. The van der Waals surface area contributed by atoms with Gasteiger partial charge in [-0.15, -0.1) is 0 Å². The van der Waals surface area contributed by atoms with Gasteiger partial charge < -0.3 is 23.7 Å². The Kier molecular flexibility index (Phi) is 9.30. The number of rotatable bonds is 12. The topological polar surface area (TPSA) is 92.8 Å². The van der Waals surface area contributed by atoms with Crippen LogP contribution >= 0.6 is 0 Å². The van der Waals surface area contributed by atoms with Crippen molar-refractivity contribution in [3.63, 3.8) is 0 Å². The average Bonchev–Trinajstić information content (AvgIpc) is 3.48. The standard InChI is InChI=1S/C28H44N4O5Si/c1-21(20-34-16-13-33)35-15-12-31-19-22(18-29-31)27-24-17-23(37-38(5,6)28(2,3)4)10-11-25(24)32(30-27)26-9-7-8-14-36-26/h10-11,17-19,21,26,33H,7-9,12-16,20H2,1-6H3/t21-,26?/m1/s1. The van der Waals surface area contributed by atoms with Crippen molar-refractivity contribution in [2.24, 2.45) is 0 Å². The fourth-order valence-corrected chi connectivity index (χ4v) is 5.32. The molecule has 9 nitrogen and oxygen atoms in total. The highest BCUT2D eigenvalue weighted by Gasteiger charge is 2.39. The first-order chi connectivity index (χ1) is 18.1. The second-order valence-electron chi connectivity index (χ2n) is 11.6. The van der Waals surface area contributed by atoms with E-state index in [0.29, 0.717) is 26.4 Å².